The summed E-state index contributed by atoms with van der Waals surface area (Å²) in [6, 6.07) is 14.4. The van der Waals surface area contributed by atoms with E-state index in [0.717, 1.165) is 5.56 Å². The molecule has 2 rings (SSSR count). The van der Waals surface area contributed by atoms with E-state index in [1.165, 1.54) is 7.05 Å². The van der Waals surface area contributed by atoms with Crippen LogP contribution in [0.4, 0.5) is 0 Å². The van der Waals surface area contributed by atoms with E-state index in [9.17, 15) is 4.79 Å². The van der Waals surface area contributed by atoms with Gasteiger partial charge in [-0.25, -0.2) is 0 Å². The van der Waals surface area contributed by atoms with Crippen LogP contribution >= 0.6 is 0 Å². The van der Waals surface area contributed by atoms with Crippen molar-refractivity contribution in [3.63, 3.8) is 0 Å². The van der Waals surface area contributed by atoms with Gasteiger partial charge in [-0.05, 0) is 31.2 Å². The van der Waals surface area contributed by atoms with Crippen LogP contribution in [-0.2, 0) is 4.79 Å². The van der Waals surface area contributed by atoms with Gasteiger partial charge in [-0.2, -0.15) is 0 Å². The fourth-order valence-electron chi connectivity index (χ4n) is 1.82. The summed E-state index contributed by atoms with van der Waals surface area (Å²) in [5, 5.41) is 14.6. The minimum atomic E-state index is -0.488. The molecule has 2 N–H and O–H groups in total. The standard InChI is InChI=1S/C16H16N2O3/c1-11-7-9-12(10-8-11)21-14-6-4-3-5-13(14)15(18-20)16(19)17-2/h3-10,20H,1-2H3,(H,17,19)/b18-15+. The monoisotopic (exact) mass is 284 g/mol. The summed E-state index contributed by atoms with van der Waals surface area (Å²) in [4.78, 5) is 11.7. The third-order valence-corrected chi connectivity index (χ3v) is 2.93. The minimum absolute atomic E-state index is 0.0970. The second-order valence-electron chi connectivity index (χ2n) is 4.44. The van der Waals surface area contributed by atoms with E-state index in [4.69, 9.17) is 9.94 Å². The number of ether oxygens (including phenoxy) is 1. The van der Waals surface area contributed by atoms with Crippen molar-refractivity contribution >= 4 is 11.6 Å². The van der Waals surface area contributed by atoms with Crippen LogP contribution in [-0.4, -0.2) is 23.9 Å². The van der Waals surface area contributed by atoms with Crippen LogP contribution in [0.1, 0.15) is 11.1 Å². The highest BCUT2D eigenvalue weighted by atomic mass is 16.5. The molecule has 0 aliphatic carbocycles. The van der Waals surface area contributed by atoms with E-state index in [-0.39, 0.29) is 5.71 Å². The van der Waals surface area contributed by atoms with Gasteiger partial charge < -0.3 is 15.3 Å². The molecule has 0 bridgehead atoms. The molecule has 2 aromatic rings. The van der Waals surface area contributed by atoms with E-state index in [1.54, 1.807) is 24.3 Å². The third kappa shape index (κ3) is 3.39. The molecule has 0 saturated carbocycles. The molecule has 21 heavy (non-hydrogen) atoms. The first-order valence-electron chi connectivity index (χ1n) is 6.43. The van der Waals surface area contributed by atoms with Gasteiger partial charge in [0.15, 0.2) is 5.71 Å². The number of hydrogen-bond donors (Lipinski definition) is 2. The number of nitrogens with one attached hydrogen (secondary N) is 1. The molecule has 108 valence electrons. The maximum Gasteiger partial charge on any atom is 0.273 e. The Bertz CT molecular complexity index is 663. The average Bonchev–Trinajstić information content (AvgIpc) is 2.51. The van der Waals surface area contributed by atoms with Gasteiger partial charge in [0.05, 0.1) is 5.56 Å². The first-order chi connectivity index (χ1) is 10.2. The van der Waals surface area contributed by atoms with Crippen LogP contribution < -0.4 is 10.1 Å². The number of nitrogens with zero attached hydrogens (tertiary/aromatic N) is 1. The van der Waals surface area contributed by atoms with Crippen LogP contribution in [0.25, 0.3) is 0 Å². The first-order valence-corrected chi connectivity index (χ1v) is 6.43. The number of hydrogen-bond acceptors (Lipinski definition) is 4. The molecule has 5 nitrogen and oxygen atoms in total. The Morgan fingerprint density at radius 2 is 1.81 bits per heavy atom. The predicted molar refractivity (Wildman–Crippen MR) is 80.1 cm³/mol. The molecule has 5 heteroatoms. The van der Waals surface area contributed by atoms with Crippen molar-refractivity contribution in [3.8, 4) is 11.5 Å². The topological polar surface area (TPSA) is 70.9 Å². The second-order valence-corrected chi connectivity index (χ2v) is 4.44. The van der Waals surface area contributed by atoms with Crippen molar-refractivity contribution in [2.45, 2.75) is 6.92 Å². The Morgan fingerprint density at radius 3 is 2.43 bits per heavy atom. The minimum Gasteiger partial charge on any atom is -0.457 e. The Morgan fingerprint density at radius 1 is 1.14 bits per heavy atom. The number of carbonyl (C=O) groups excluding carboxylic acids is 1. The Kier molecular flexibility index (Phi) is 4.56. The Balaban J connectivity index is 2.37. The maximum absolute atomic E-state index is 11.7. The van der Waals surface area contributed by atoms with Crippen molar-refractivity contribution in [1.82, 2.24) is 5.32 Å². The summed E-state index contributed by atoms with van der Waals surface area (Å²) in [5.74, 6) is 0.595. The fourth-order valence-corrected chi connectivity index (χ4v) is 1.82. The lowest BCUT2D eigenvalue weighted by atomic mass is 10.1. The van der Waals surface area contributed by atoms with Gasteiger partial charge in [0.25, 0.3) is 5.91 Å². The summed E-state index contributed by atoms with van der Waals surface area (Å²) >= 11 is 0. The van der Waals surface area contributed by atoms with Crippen molar-refractivity contribution in [3.05, 3.63) is 59.7 Å². The molecule has 0 aliphatic rings. The lowest BCUT2D eigenvalue weighted by Gasteiger charge is -2.11. The fraction of sp³-hybridized carbons (Fsp3) is 0.125. The lowest BCUT2D eigenvalue weighted by Crippen LogP contribution is -2.28. The Hall–Kier alpha value is -2.82. The molecule has 0 heterocycles. The second kappa shape index (κ2) is 6.56. The molecule has 0 aliphatic heterocycles. The SMILES string of the molecule is CNC(=O)/C(=N/O)c1ccccc1Oc1ccc(C)cc1. The lowest BCUT2D eigenvalue weighted by molar-refractivity contribution is -0.114. The van der Waals surface area contributed by atoms with Gasteiger partial charge in [-0.1, -0.05) is 35.0 Å². The molecule has 0 fully saturated rings. The summed E-state index contributed by atoms with van der Waals surface area (Å²) in [7, 11) is 1.47. The van der Waals surface area contributed by atoms with Gasteiger partial charge in [0.1, 0.15) is 11.5 Å². The third-order valence-electron chi connectivity index (χ3n) is 2.93. The largest absolute Gasteiger partial charge is 0.457 e. The molecule has 0 radical (unpaired) electrons. The van der Waals surface area contributed by atoms with Gasteiger partial charge >= 0.3 is 0 Å². The van der Waals surface area contributed by atoms with Gasteiger partial charge in [-0.3, -0.25) is 4.79 Å². The zero-order valence-electron chi connectivity index (χ0n) is 11.8. The molecular formula is C16H16N2O3. The zero-order valence-corrected chi connectivity index (χ0v) is 11.8. The predicted octanol–water partition coefficient (Wildman–Crippen LogP) is 2.71. The van der Waals surface area contributed by atoms with E-state index in [0.29, 0.717) is 17.1 Å². The van der Waals surface area contributed by atoms with Crippen molar-refractivity contribution in [2.24, 2.45) is 5.16 Å². The molecule has 0 unspecified atom stereocenters. The molecule has 2 aromatic carbocycles. The molecular weight excluding hydrogens is 268 g/mol. The average molecular weight is 284 g/mol. The molecule has 1 amide bonds. The normalized spacial score (nSPS) is 11.0. The highest BCUT2D eigenvalue weighted by molar-refractivity contribution is 6.45. The maximum atomic E-state index is 11.7. The van der Waals surface area contributed by atoms with E-state index < -0.39 is 5.91 Å². The zero-order chi connectivity index (χ0) is 15.2. The van der Waals surface area contributed by atoms with Crippen molar-refractivity contribution in [2.75, 3.05) is 7.05 Å². The van der Waals surface area contributed by atoms with Crippen LogP contribution in [0.2, 0.25) is 0 Å². The highest BCUT2D eigenvalue weighted by Gasteiger charge is 2.18. The molecule has 0 atom stereocenters. The van der Waals surface area contributed by atoms with Gasteiger partial charge in [-0.15, -0.1) is 0 Å². The van der Waals surface area contributed by atoms with E-state index >= 15 is 0 Å². The number of rotatable bonds is 4. The van der Waals surface area contributed by atoms with Crippen LogP contribution in [0.5, 0.6) is 11.5 Å². The van der Waals surface area contributed by atoms with E-state index in [2.05, 4.69) is 10.5 Å². The highest BCUT2D eigenvalue weighted by Crippen LogP contribution is 2.26. The van der Waals surface area contributed by atoms with E-state index in [1.807, 2.05) is 31.2 Å². The van der Waals surface area contributed by atoms with Crippen LogP contribution in [0.3, 0.4) is 0 Å². The summed E-state index contributed by atoms with van der Waals surface area (Å²) in [6.07, 6.45) is 0. The van der Waals surface area contributed by atoms with Gasteiger partial charge in [0, 0.05) is 7.05 Å². The smallest absolute Gasteiger partial charge is 0.273 e. The number of carbonyl (C=O) groups is 1. The van der Waals surface area contributed by atoms with Crippen molar-refractivity contribution in [1.29, 1.82) is 0 Å². The number of oxime groups is 1. The summed E-state index contributed by atoms with van der Waals surface area (Å²) in [5.41, 5.74) is 1.44. The first kappa shape index (κ1) is 14.6. The number of amides is 1. The van der Waals surface area contributed by atoms with Crippen LogP contribution in [0.15, 0.2) is 53.7 Å². The number of aryl methyl sites for hydroxylation is 1. The number of likely N-dealkylation sites (N-methyl/N-ethyl adjacent to an activating group) is 1. The quantitative estimate of drug-likeness (QED) is 0.515. The van der Waals surface area contributed by atoms with Crippen LogP contribution in [0, 0.1) is 6.92 Å². The number of para-hydroxylation sites is 1. The number of benzene rings is 2. The van der Waals surface area contributed by atoms with Gasteiger partial charge in [0.2, 0.25) is 0 Å². The van der Waals surface area contributed by atoms with Crippen molar-refractivity contribution < 1.29 is 14.7 Å². The molecule has 0 aromatic heterocycles. The molecule has 0 spiro atoms. The summed E-state index contributed by atoms with van der Waals surface area (Å²) in [6.45, 7) is 1.99. The molecule has 0 saturated heterocycles. The summed E-state index contributed by atoms with van der Waals surface area (Å²) < 4.78 is 5.77. The Labute approximate surface area is 122 Å².